The minimum Gasteiger partial charge on any atom is -0.497 e. The number of aromatic nitrogens is 2. The minimum atomic E-state index is -0.624. The second-order valence-electron chi connectivity index (χ2n) is 3.82. The summed E-state index contributed by atoms with van der Waals surface area (Å²) in [6.07, 6.45) is 1.62. The van der Waals surface area contributed by atoms with Crippen LogP contribution in [0.5, 0.6) is 5.75 Å². The molecule has 0 radical (unpaired) electrons. The largest absolute Gasteiger partial charge is 0.497 e. The van der Waals surface area contributed by atoms with Gasteiger partial charge in [-0.05, 0) is 17.7 Å². The van der Waals surface area contributed by atoms with Crippen LogP contribution in [0.3, 0.4) is 0 Å². The van der Waals surface area contributed by atoms with Crippen molar-refractivity contribution in [2.24, 2.45) is 0 Å². The molecule has 0 saturated carbocycles. The molecular weight excluding hydrogens is 250 g/mol. The van der Waals surface area contributed by atoms with Crippen LogP contribution in [0.1, 0.15) is 16.1 Å². The van der Waals surface area contributed by atoms with Gasteiger partial charge in [0.15, 0.2) is 6.29 Å². The van der Waals surface area contributed by atoms with E-state index >= 15 is 0 Å². The van der Waals surface area contributed by atoms with E-state index in [9.17, 15) is 14.9 Å². The molecular formula is C12H11N3O4. The first-order valence-corrected chi connectivity index (χ1v) is 5.44. The summed E-state index contributed by atoms with van der Waals surface area (Å²) in [5.74, 6) is 0.726. The fourth-order valence-corrected chi connectivity index (χ4v) is 1.65. The van der Waals surface area contributed by atoms with E-state index in [1.807, 2.05) is 12.1 Å². The summed E-state index contributed by atoms with van der Waals surface area (Å²) in [6.45, 7) is 0.346. The third-order valence-electron chi connectivity index (χ3n) is 2.58. The van der Waals surface area contributed by atoms with Gasteiger partial charge >= 0.3 is 5.69 Å². The summed E-state index contributed by atoms with van der Waals surface area (Å²) in [4.78, 5) is 20.8. The summed E-state index contributed by atoms with van der Waals surface area (Å²) in [7, 11) is 1.57. The van der Waals surface area contributed by atoms with Crippen molar-refractivity contribution in [3.05, 3.63) is 51.8 Å². The van der Waals surface area contributed by atoms with Crippen molar-refractivity contribution < 1.29 is 14.5 Å². The lowest BCUT2D eigenvalue weighted by molar-refractivity contribution is -0.385. The van der Waals surface area contributed by atoms with Crippen LogP contribution < -0.4 is 4.74 Å². The van der Waals surface area contributed by atoms with Gasteiger partial charge in [0.25, 0.3) is 0 Å². The third-order valence-corrected chi connectivity index (χ3v) is 2.58. The number of methoxy groups -OCH3 is 1. The minimum absolute atomic E-state index is 0.168. The van der Waals surface area contributed by atoms with Crippen LogP contribution in [-0.4, -0.2) is 28.1 Å². The Bertz CT molecular complexity index is 604. The molecule has 0 aliphatic carbocycles. The molecule has 0 bridgehead atoms. The monoisotopic (exact) mass is 261 g/mol. The summed E-state index contributed by atoms with van der Waals surface area (Å²) in [5, 5.41) is 14.6. The molecule has 0 spiro atoms. The molecule has 1 heterocycles. The van der Waals surface area contributed by atoms with Crippen LogP contribution in [0.15, 0.2) is 30.5 Å². The predicted octanol–water partition coefficient (Wildman–Crippen LogP) is 1.66. The van der Waals surface area contributed by atoms with E-state index < -0.39 is 4.92 Å². The summed E-state index contributed by atoms with van der Waals surface area (Å²) >= 11 is 0. The molecule has 0 aliphatic heterocycles. The molecule has 7 nitrogen and oxygen atoms in total. The average molecular weight is 261 g/mol. The van der Waals surface area contributed by atoms with Crippen molar-refractivity contribution in [1.29, 1.82) is 0 Å². The van der Waals surface area contributed by atoms with Gasteiger partial charge in [-0.15, -0.1) is 0 Å². The Hall–Kier alpha value is -2.70. The van der Waals surface area contributed by atoms with Crippen molar-refractivity contribution in [3.63, 3.8) is 0 Å². The molecule has 0 unspecified atom stereocenters. The van der Waals surface area contributed by atoms with Crippen molar-refractivity contribution in [3.8, 4) is 5.75 Å². The van der Waals surface area contributed by atoms with Gasteiger partial charge in [0.05, 0.1) is 18.6 Å². The highest BCUT2D eigenvalue weighted by atomic mass is 16.6. The van der Waals surface area contributed by atoms with Gasteiger partial charge in [-0.1, -0.05) is 12.1 Å². The number of rotatable bonds is 5. The Morgan fingerprint density at radius 1 is 1.42 bits per heavy atom. The molecule has 2 aromatic rings. The first kappa shape index (κ1) is 12.7. The van der Waals surface area contributed by atoms with Crippen LogP contribution in [0.2, 0.25) is 0 Å². The number of ether oxygens (including phenoxy) is 1. The molecule has 0 amide bonds. The van der Waals surface area contributed by atoms with Crippen LogP contribution in [0.25, 0.3) is 0 Å². The Labute approximate surface area is 108 Å². The number of hydrogen-bond acceptors (Lipinski definition) is 5. The Morgan fingerprint density at radius 2 is 2.11 bits per heavy atom. The Kier molecular flexibility index (Phi) is 3.56. The first-order chi connectivity index (χ1) is 9.13. The van der Waals surface area contributed by atoms with Crippen LogP contribution >= 0.6 is 0 Å². The topological polar surface area (TPSA) is 87.3 Å². The second kappa shape index (κ2) is 5.30. The molecule has 1 aromatic carbocycles. The molecule has 19 heavy (non-hydrogen) atoms. The van der Waals surface area contributed by atoms with E-state index in [1.54, 1.807) is 19.2 Å². The maximum atomic E-state index is 10.7. The maximum Gasteiger partial charge on any atom is 0.317 e. The third kappa shape index (κ3) is 2.76. The highest BCUT2D eigenvalue weighted by molar-refractivity contribution is 5.77. The smallest absolute Gasteiger partial charge is 0.317 e. The number of benzene rings is 1. The number of hydrogen-bond donors (Lipinski definition) is 0. The molecule has 0 aliphatic rings. The second-order valence-corrected chi connectivity index (χ2v) is 3.82. The van der Waals surface area contributed by atoms with E-state index in [4.69, 9.17) is 4.74 Å². The number of carbonyl (C=O) groups excluding carboxylic acids is 1. The zero-order valence-corrected chi connectivity index (χ0v) is 10.1. The SMILES string of the molecule is COc1ccc(Cn2cc([N+](=O)[O-])c(C=O)n2)cc1. The van der Waals surface area contributed by atoms with Crippen molar-refractivity contribution in [2.45, 2.75) is 6.54 Å². The van der Waals surface area contributed by atoms with Gasteiger partial charge < -0.3 is 4.74 Å². The van der Waals surface area contributed by atoms with Crippen molar-refractivity contribution >= 4 is 12.0 Å². The highest BCUT2D eigenvalue weighted by Gasteiger charge is 2.18. The number of carbonyl (C=O) groups is 1. The van der Waals surface area contributed by atoms with E-state index in [-0.39, 0.29) is 11.4 Å². The fraction of sp³-hybridized carbons (Fsp3) is 0.167. The van der Waals surface area contributed by atoms with E-state index in [0.29, 0.717) is 12.8 Å². The number of aldehydes is 1. The van der Waals surface area contributed by atoms with Gasteiger partial charge in [-0.3, -0.25) is 19.6 Å². The summed E-state index contributed by atoms with van der Waals surface area (Å²) in [6, 6.07) is 7.22. The molecule has 1 aromatic heterocycles. The molecule has 0 fully saturated rings. The molecule has 0 saturated heterocycles. The zero-order valence-electron chi connectivity index (χ0n) is 10.1. The van der Waals surface area contributed by atoms with Gasteiger partial charge in [0.2, 0.25) is 5.69 Å². The quantitative estimate of drug-likeness (QED) is 0.464. The van der Waals surface area contributed by atoms with Gasteiger partial charge in [0.1, 0.15) is 11.9 Å². The Balaban J connectivity index is 2.22. The maximum absolute atomic E-state index is 10.7. The van der Waals surface area contributed by atoms with Crippen LogP contribution in [-0.2, 0) is 6.54 Å². The van der Waals surface area contributed by atoms with E-state index in [1.165, 1.54) is 10.9 Å². The fourth-order valence-electron chi connectivity index (χ4n) is 1.65. The summed E-state index contributed by atoms with van der Waals surface area (Å²) < 4.78 is 6.40. The van der Waals surface area contributed by atoms with Crippen molar-refractivity contribution in [2.75, 3.05) is 7.11 Å². The lowest BCUT2D eigenvalue weighted by Crippen LogP contribution is -2.00. The molecule has 0 N–H and O–H groups in total. The standard InChI is InChI=1S/C12H11N3O4/c1-19-10-4-2-9(3-5-10)6-14-7-12(15(17)18)11(8-16)13-14/h2-5,7-8H,6H2,1H3. The van der Waals surface area contributed by atoms with Gasteiger partial charge in [-0.25, -0.2) is 0 Å². The van der Waals surface area contributed by atoms with Crippen LogP contribution in [0, 0.1) is 10.1 Å². The van der Waals surface area contributed by atoms with Crippen LogP contribution in [0.4, 0.5) is 5.69 Å². The molecule has 98 valence electrons. The zero-order chi connectivity index (χ0) is 13.8. The summed E-state index contributed by atoms with van der Waals surface area (Å²) in [5.41, 5.74) is 0.442. The molecule has 0 atom stereocenters. The highest BCUT2D eigenvalue weighted by Crippen LogP contribution is 2.17. The van der Waals surface area contributed by atoms with Gasteiger partial charge in [0, 0.05) is 0 Å². The van der Waals surface area contributed by atoms with Crippen molar-refractivity contribution in [1.82, 2.24) is 9.78 Å². The average Bonchev–Trinajstić information content (AvgIpc) is 2.83. The van der Waals surface area contributed by atoms with Gasteiger partial charge in [-0.2, -0.15) is 5.10 Å². The molecule has 7 heteroatoms. The van der Waals surface area contributed by atoms with E-state index in [2.05, 4.69) is 5.10 Å². The van der Waals surface area contributed by atoms with E-state index in [0.717, 1.165) is 11.3 Å². The normalized spacial score (nSPS) is 10.2. The predicted molar refractivity (Wildman–Crippen MR) is 66.4 cm³/mol. The number of nitrogens with zero attached hydrogens (tertiary/aromatic N) is 3. The number of nitro groups is 1. The molecule has 2 rings (SSSR count). The first-order valence-electron chi connectivity index (χ1n) is 5.44. The lowest BCUT2D eigenvalue weighted by Gasteiger charge is -2.03. The lowest BCUT2D eigenvalue weighted by atomic mass is 10.2. The Morgan fingerprint density at radius 3 is 2.58 bits per heavy atom.